The minimum atomic E-state index is -3.19. The minimum Gasteiger partial charge on any atom is -0.357 e. The molecule has 0 amide bonds. The zero-order valence-electron chi connectivity index (χ0n) is 17.6. The van der Waals surface area contributed by atoms with Crippen molar-refractivity contribution in [3.8, 4) is 0 Å². The topological polar surface area (TPSA) is 77.0 Å². The number of hydrogen-bond donors (Lipinski definition) is 2. The zero-order chi connectivity index (χ0) is 19.8. The number of guanidine groups is 1. The third kappa shape index (κ3) is 8.53. The summed E-state index contributed by atoms with van der Waals surface area (Å²) in [5.41, 5.74) is 0.0142. The summed E-state index contributed by atoms with van der Waals surface area (Å²) in [7, 11) is -3.19. The lowest BCUT2D eigenvalue weighted by Gasteiger charge is -2.40. The second kappa shape index (κ2) is 12.8. The van der Waals surface area contributed by atoms with Crippen molar-refractivity contribution >= 4 is 51.7 Å². The fourth-order valence-electron chi connectivity index (χ4n) is 3.47. The van der Waals surface area contributed by atoms with Crippen molar-refractivity contribution < 1.29 is 8.42 Å². The van der Waals surface area contributed by atoms with Crippen molar-refractivity contribution in [3.63, 3.8) is 0 Å². The van der Waals surface area contributed by atoms with Gasteiger partial charge in [-0.2, -0.15) is 11.8 Å². The predicted molar refractivity (Wildman–Crippen MR) is 132 cm³/mol. The van der Waals surface area contributed by atoms with Gasteiger partial charge in [-0.15, -0.1) is 24.0 Å². The Morgan fingerprint density at radius 1 is 1.07 bits per heavy atom. The highest BCUT2D eigenvalue weighted by Crippen LogP contribution is 2.20. The van der Waals surface area contributed by atoms with Gasteiger partial charge in [-0.1, -0.05) is 6.42 Å². The maximum absolute atomic E-state index is 12.5. The van der Waals surface area contributed by atoms with Crippen LogP contribution < -0.4 is 10.6 Å². The number of likely N-dealkylation sites (tertiary alicyclic amines) is 1. The number of aliphatic imine (C=N–C) groups is 1. The molecule has 2 N–H and O–H groups in total. The number of thioether (sulfide) groups is 1. The van der Waals surface area contributed by atoms with E-state index in [2.05, 4.69) is 29.4 Å². The molecule has 2 rings (SSSR count). The second-order valence-electron chi connectivity index (χ2n) is 7.81. The summed E-state index contributed by atoms with van der Waals surface area (Å²) < 4.78 is 26.5. The van der Waals surface area contributed by atoms with Gasteiger partial charge < -0.3 is 10.6 Å². The van der Waals surface area contributed by atoms with Crippen molar-refractivity contribution in [2.45, 2.75) is 45.6 Å². The quantitative estimate of drug-likeness (QED) is 0.274. The zero-order valence-corrected chi connectivity index (χ0v) is 21.5. The molecule has 0 saturated carbocycles. The molecule has 0 aromatic rings. The summed E-state index contributed by atoms with van der Waals surface area (Å²) in [5, 5.41) is 6.43. The van der Waals surface area contributed by atoms with Gasteiger partial charge in [0.2, 0.25) is 10.0 Å². The van der Waals surface area contributed by atoms with Gasteiger partial charge in [0, 0.05) is 43.2 Å². The average Bonchev–Trinajstić information content (AvgIpc) is 2.67. The number of sulfonamides is 1. The molecule has 2 fully saturated rings. The van der Waals surface area contributed by atoms with Crippen LogP contribution in [0.5, 0.6) is 0 Å². The Balaban J connectivity index is 0.00000392. The average molecular weight is 548 g/mol. The van der Waals surface area contributed by atoms with Crippen LogP contribution in [0, 0.1) is 0 Å². The van der Waals surface area contributed by atoms with Crippen LogP contribution in [0.15, 0.2) is 4.99 Å². The fourth-order valence-corrected chi connectivity index (χ4v) is 5.96. The van der Waals surface area contributed by atoms with Gasteiger partial charge in [0.1, 0.15) is 0 Å². The van der Waals surface area contributed by atoms with Crippen molar-refractivity contribution in [2.75, 3.05) is 63.1 Å². The molecular formula is C18H38IN5O2S2. The lowest BCUT2D eigenvalue weighted by Crippen LogP contribution is -2.50. The second-order valence-corrected chi connectivity index (χ2v) is 11.1. The van der Waals surface area contributed by atoms with Crippen LogP contribution in [-0.4, -0.2) is 92.2 Å². The van der Waals surface area contributed by atoms with Gasteiger partial charge >= 0.3 is 0 Å². The van der Waals surface area contributed by atoms with E-state index in [0.29, 0.717) is 32.1 Å². The molecular weight excluding hydrogens is 509 g/mol. The number of rotatable bonds is 8. The van der Waals surface area contributed by atoms with Gasteiger partial charge in [-0.05, 0) is 46.7 Å². The molecule has 0 aromatic heterocycles. The Hall–Kier alpha value is 0.220. The first-order chi connectivity index (χ1) is 12.8. The molecule has 0 radical (unpaired) electrons. The Kier molecular flexibility index (Phi) is 12.0. The molecule has 0 atom stereocenters. The molecule has 0 spiro atoms. The normalized spacial score (nSPS) is 20.5. The van der Waals surface area contributed by atoms with Crippen LogP contribution in [0.4, 0.5) is 0 Å². The van der Waals surface area contributed by atoms with Crippen LogP contribution in [0.3, 0.4) is 0 Å². The molecule has 0 aromatic carbocycles. The molecule has 2 heterocycles. The molecule has 2 aliphatic heterocycles. The van der Waals surface area contributed by atoms with E-state index >= 15 is 0 Å². The minimum absolute atomic E-state index is 0. The first-order valence-corrected chi connectivity index (χ1v) is 12.9. The highest BCUT2D eigenvalue weighted by molar-refractivity contribution is 14.0. The van der Waals surface area contributed by atoms with Crippen molar-refractivity contribution in [1.82, 2.24) is 19.8 Å². The van der Waals surface area contributed by atoms with E-state index in [1.165, 1.54) is 19.3 Å². The van der Waals surface area contributed by atoms with E-state index in [4.69, 9.17) is 4.99 Å². The van der Waals surface area contributed by atoms with Crippen LogP contribution in [0.25, 0.3) is 0 Å². The summed E-state index contributed by atoms with van der Waals surface area (Å²) in [6.07, 6.45) is 3.85. The molecule has 10 heteroatoms. The van der Waals surface area contributed by atoms with Crippen LogP contribution >= 0.6 is 35.7 Å². The van der Waals surface area contributed by atoms with Crippen molar-refractivity contribution in [2.24, 2.45) is 4.99 Å². The van der Waals surface area contributed by atoms with E-state index in [0.717, 1.165) is 31.1 Å². The van der Waals surface area contributed by atoms with Gasteiger partial charge in [0.25, 0.3) is 0 Å². The molecule has 0 unspecified atom stereocenters. The van der Waals surface area contributed by atoms with E-state index in [1.807, 2.05) is 18.7 Å². The number of nitrogens with zero attached hydrogens (tertiary/aromatic N) is 3. The van der Waals surface area contributed by atoms with Crippen LogP contribution in [0.1, 0.15) is 40.0 Å². The van der Waals surface area contributed by atoms with Gasteiger partial charge in [0.05, 0.1) is 12.3 Å². The highest BCUT2D eigenvalue weighted by atomic mass is 127. The summed E-state index contributed by atoms with van der Waals surface area (Å²) in [4.78, 5) is 7.25. The van der Waals surface area contributed by atoms with Crippen molar-refractivity contribution in [1.29, 1.82) is 0 Å². The summed E-state index contributed by atoms with van der Waals surface area (Å²) in [6.45, 7) is 11.9. The molecule has 28 heavy (non-hydrogen) atoms. The Morgan fingerprint density at radius 2 is 1.71 bits per heavy atom. The monoisotopic (exact) mass is 547 g/mol. The summed E-state index contributed by atoms with van der Waals surface area (Å²) >= 11 is 1.82. The Morgan fingerprint density at radius 3 is 2.32 bits per heavy atom. The maximum atomic E-state index is 12.5. The van der Waals surface area contributed by atoms with E-state index in [1.54, 1.807) is 4.31 Å². The molecule has 0 bridgehead atoms. The maximum Gasteiger partial charge on any atom is 0.215 e. The van der Waals surface area contributed by atoms with Crippen LogP contribution in [-0.2, 0) is 10.0 Å². The summed E-state index contributed by atoms with van der Waals surface area (Å²) in [5.74, 6) is 2.59. The van der Waals surface area contributed by atoms with Crippen molar-refractivity contribution in [3.05, 3.63) is 0 Å². The number of piperidine rings is 1. The third-order valence-corrected chi connectivity index (χ3v) is 8.01. The molecule has 7 nitrogen and oxygen atoms in total. The van der Waals surface area contributed by atoms with E-state index in [-0.39, 0.29) is 35.3 Å². The number of halogens is 1. The van der Waals surface area contributed by atoms with E-state index in [9.17, 15) is 8.42 Å². The molecule has 2 saturated heterocycles. The van der Waals surface area contributed by atoms with E-state index < -0.39 is 10.0 Å². The standard InChI is InChI=1S/C18H37N5O2S2.HI/c1-4-19-17(21-16-18(2,3)22-9-6-5-7-10-22)20-8-15-27(24,25)23-11-13-26-14-12-23;/h4-16H2,1-3H3,(H2,19,20,21);1H. The number of nitrogens with one attached hydrogen (secondary N) is 2. The lowest BCUT2D eigenvalue weighted by molar-refractivity contribution is 0.102. The largest absolute Gasteiger partial charge is 0.357 e. The smallest absolute Gasteiger partial charge is 0.215 e. The fraction of sp³-hybridized carbons (Fsp3) is 0.944. The first kappa shape index (κ1) is 26.3. The Labute approximate surface area is 192 Å². The predicted octanol–water partition coefficient (Wildman–Crippen LogP) is 1.80. The number of hydrogen-bond acceptors (Lipinski definition) is 5. The van der Waals surface area contributed by atoms with Gasteiger partial charge in [-0.3, -0.25) is 9.89 Å². The molecule has 0 aliphatic carbocycles. The third-order valence-electron chi connectivity index (χ3n) is 5.20. The van der Waals surface area contributed by atoms with Gasteiger partial charge in [-0.25, -0.2) is 12.7 Å². The van der Waals surface area contributed by atoms with Crippen LogP contribution in [0.2, 0.25) is 0 Å². The molecule has 2 aliphatic rings. The molecule has 166 valence electrons. The SMILES string of the molecule is CCNC(=NCC(C)(C)N1CCCCC1)NCCS(=O)(=O)N1CCSCC1.I. The van der Waals surface area contributed by atoms with Gasteiger partial charge in [0.15, 0.2) is 5.96 Å². The Bertz CT molecular complexity index is 575. The summed E-state index contributed by atoms with van der Waals surface area (Å²) in [6, 6.07) is 0. The lowest BCUT2D eigenvalue weighted by atomic mass is 9.99. The first-order valence-electron chi connectivity index (χ1n) is 10.2. The highest BCUT2D eigenvalue weighted by Gasteiger charge is 2.28.